The van der Waals surface area contributed by atoms with Crippen LogP contribution >= 0.6 is 0 Å². The van der Waals surface area contributed by atoms with Crippen molar-refractivity contribution < 1.29 is 9.84 Å². The third-order valence-corrected chi connectivity index (χ3v) is 3.57. The SMILES string of the molecule is COc1cc(Nc2ccc(C)c(O)c2)c2n[c][nH]c2c1C. The highest BCUT2D eigenvalue weighted by Crippen LogP contribution is 2.34. The number of phenols is 1. The Balaban J connectivity index is 2.09. The quantitative estimate of drug-likeness (QED) is 0.688. The minimum Gasteiger partial charge on any atom is -0.508 e. The number of rotatable bonds is 3. The first-order valence-corrected chi connectivity index (χ1v) is 6.60. The molecule has 0 fully saturated rings. The Hall–Kier alpha value is -2.69. The van der Waals surface area contributed by atoms with E-state index in [2.05, 4.69) is 21.6 Å². The van der Waals surface area contributed by atoms with Crippen LogP contribution in [-0.2, 0) is 0 Å². The van der Waals surface area contributed by atoms with Gasteiger partial charge in [0.05, 0.1) is 18.3 Å². The minimum atomic E-state index is 0.254. The third kappa shape index (κ3) is 2.27. The van der Waals surface area contributed by atoms with E-state index in [0.717, 1.165) is 39.3 Å². The van der Waals surface area contributed by atoms with Crippen molar-refractivity contribution in [3.05, 3.63) is 41.7 Å². The molecule has 0 bridgehead atoms. The van der Waals surface area contributed by atoms with Crippen LogP contribution in [0.3, 0.4) is 0 Å². The number of benzene rings is 2. The summed E-state index contributed by atoms with van der Waals surface area (Å²) in [5.41, 5.74) is 5.07. The maximum Gasteiger partial charge on any atom is 0.174 e. The fraction of sp³-hybridized carbons (Fsp3) is 0.188. The normalized spacial score (nSPS) is 10.8. The summed E-state index contributed by atoms with van der Waals surface area (Å²) in [7, 11) is 1.63. The maximum atomic E-state index is 9.80. The third-order valence-electron chi connectivity index (χ3n) is 3.57. The first-order valence-electron chi connectivity index (χ1n) is 6.60. The zero-order valence-corrected chi connectivity index (χ0v) is 12.1. The molecule has 5 heteroatoms. The molecule has 0 amide bonds. The molecular formula is C16H16N3O2. The van der Waals surface area contributed by atoms with Crippen molar-refractivity contribution in [3.63, 3.8) is 0 Å². The molecule has 0 aliphatic heterocycles. The Morgan fingerprint density at radius 2 is 2.10 bits per heavy atom. The summed E-state index contributed by atoms with van der Waals surface area (Å²) >= 11 is 0. The predicted molar refractivity (Wildman–Crippen MR) is 82.3 cm³/mol. The fourth-order valence-electron chi connectivity index (χ4n) is 2.30. The molecule has 107 valence electrons. The number of methoxy groups -OCH3 is 1. The lowest BCUT2D eigenvalue weighted by molar-refractivity contribution is 0.412. The number of ether oxygens (including phenoxy) is 1. The molecule has 0 aliphatic carbocycles. The molecule has 2 aromatic carbocycles. The molecule has 0 aliphatic rings. The maximum absolute atomic E-state index is 9.80. The van der Waals surface area contributed by atoms with Gasteiger partial charge in [-0.3, -0.25) is 0 Å². The summed E-state index contributed by atoms with van der Waals surface area (Å²) in [6, 6.07) is 7.34. The number of hydrogen-bond acceptors (Lipinski definition) is 4. The van der Waals surface area contributed by atoms with Crippen molar-refractivity contribution in [2.75, 3.05) is 12.4 Å². The molecule has 3 aromatic rings. The molecule has 0 saturated heterocycles. The van der Waals surface area contributed by atoms with Crippen molar-refractivity contribution in [2.24, 2.45) is 0 Å². The van der Waals surface area contributed by atoms with E-state index < -0.39 is 0 Å². The van der Waals surface area contributed by atoms with Crippen LogP contribution in [0.4, 0.5) is 11.4 Å². The predicted octanol–water partition coefficient (Wildman–Crippen LogP) is 3.44. The van der Waals surface area contributed by atoms with E-state index in [9.17, 15) is 5.11 Å². The van der Waals surface area contributed by atoms with Gasteiger partial charge in [0.1, 0.15) is 17.0 Å². The van der Waals surface area contributed by atoms with Gasteiger partial charge in [-0.1, -0.05) is 6.07 Å². The number of nitrogens with one attached hydrogen (secondary N) is 2. The van der Waals surface area contributed by atoms with Crippen LogP contribution in [0.15, 0.2) is 24.3 Å². The average Bonchev–Trinajstić information content (AvgIpc) is 2.96. The summed E-state index contributed by atoms with van der Waals surface area (Å²) in [6.07, 6.45) is 2.76. The van der Waals surface area contributed by atoms with Crippen LogP contribution in [0.5, 0.6) is 11.5 Å². The number of aromatic amines is 1. The van der Waals surface area contributed by atoms with Gasteiger partial charge in [0.15, 0.2) is 6.33 Å². The number of phenolic OH excluding ortho intramolecular Hbond substituents is 1. The molecule has 0 atom stereocenters. The van der Waals surface area contributed by atoms with Crippen molar-refractivity contribution >= 4 is 22.4 Å². The number of aryl methyl sites for hydroxylation is 2. The summed E-state index contributed by atoms with van der Waals surface area (Å²) < 4.78 is 5.39. The molecule has 3 rings (SSSR count). The zero-order chi connectivity index (χ0) is 15.0. The number of hydrogen-bond donors (Lipinski definition) is 3. The molecule has 0 spiro atoms. The van der Waals surface area contributed by atoms with Gasteiger partial charge in [-0.05, 0) is 25.5 Å². The van der Waals surface area contributed by atoms with E-state index in [0.29, 0.717) is 0 Å². The van der Waals surface area contributed by atoms with E-state index in [4.69, 9.17) is 4.74 Å². The fourth-order valence-corrected chi connectivity index (χ4v) is 2.30. The molecule has 3 N–H and O–H groups in total. The summed E-state index contributed by atoms with van der Waals surface area (Å²) in [4.78, 5) is 7.23. The van der Waals surface area contributed by atoms with Crippen LogP contribution in [0, 0.1) is 20.2 Å². The number of nitrogens with zero attached hydrogens (tertiary/aromatic N) is 1. The van der Waals surface area contributed by atoms with E-state index in [1.54, 1.807) is 13.2 Å². The monoisotopic (exact) mass is 282 g/mol. The van der Waals surface area contributed by atoms with Gasteiger partial charge < -0.3 is 20.1 Å². The summed E-state index contributed by atoms with van der Waals surface area (Å²) in [5.74, 6) is 1.02. The smallest absolute Gasteiger partial charge is 0.174 e. The Morgan fingerprint density at radius 3 is 2.81 bits per heavy atom. The Bertz CT molecular complexity index is 809. The average molecular weight is 282 g/mol. The standard InChI is InChI=1S/C16H16N3O2/c1-9-4-5-11(6-13(9)20)19-12-7-14(21-3)10(2)15-16(12)18-8-17-15/h4-7,19-20H,1-3H3,(H,17,18). The lowest BCUT2D eigenvalue weighted by Crippen LogP contribution is -1.96. The number of H-pyrrole nitrogens is 1. The van der Waals surface area contributed by atoms with Gasteiger partial charge in [0.2, 0.25) is 0 Å². The highest BCUT2D eigenvalue weighted by Gasteiger charge is 2.12. The topological polar surface area (TPSA) is 70.2 Å². The molecule has 0 unspecified atom stereocenters. The van der Waals surface area contributed by atoms with Crippen LogP contribution in [-0.4, -0.2) is 22.2 Å². The Kier molecular flexibility index (Phi) is 3.17. The number of imidazole rings is 1. The van der Waals surface area contributed by atoms with Crippen LogP contribution in [0.1, 0.15) is 11.1 Å². The first-order chi connectivity index (χ1) is 10.1. The second kappa shape index (κ2) is 5.01. The second-order valence-electron chi connectivity index (χ2n) is 4.95. The van der Waals surface area contributed by atoms with E-state index in [1.165, 1.54) is 0 Å². The van der Waals surface area contributed by atoms with Gasteiger partial charge in [-0.15, -0.1) is 0 Å². The summed E-state index contributed by atoms with van der Waals surface area (Å²) in [5, 5.41) is 13.1. The number of aromatic hydroxyl groups is 1. The van der Waals surface area contributed by atoms with Crippen LogP contribution in [0.2, 0.25) is 0 Å². The largest absolute Gasteiger partial charge is 0.508 e. The molecule has 21 heavy (non-hydrogen) atoms. The minimum absolute atomic E-state index is 0.254. The van der Waals surface area contributed by atoms with Gasteiger partial charge in [0, 0.05) is 23.4 Å². The van der Waals surface area contributed by atoms with Gasteiger partial charge in [0.25, 0.3) is 0 Å². The lowest BCUT2D eigenvalue weighted by atomic mass is 10.1. The molecular weight excluding hydrogens is 266 g/mol. The molecule has 1 heterocycles. The molecule has 0 saturated carbocycles. The second-order valence-corrected chi connectivity index (χ2v) is 4.95. The van der Waals surface area contributed by atoms with Crippen molar-refractivity contribution in [2.45, 2.75) is 13.8 Å². The van der Waals surface area contributed by atoms with Crippen molar-refractivity contribution in [1.29, 1.82) is 0 Å². The van der Waals surface area contributed by atoms with Crippen LogP contribution < -0.4 is 10.1 Å². The van der Waals surface area contributed by atoms with E-state index >= 15 is 0 Å². The van der Waals surface area contributed by atoms with Gasteiger partial charge >= 0.3 is 0 Å². The number of aromatic nitrogens is 2. The number of anilines is 2. The number of fused-ring (bicyclic) bond motifs is 1. The zero-order valence-electron chi connectivity index (χ0n) is 12.1. The van der Waals surface area contributed by atoms with E-state index in [1.807, 2.05) is 32.0 Å². The Morgan fingerprint density at radius 1 is 1.29 bits per heavy atom. The van der Waals surface area contributed by atoms with E-state index in [-0.39, 0.29) is 5.75 Å². The highest BCUT2D eigenvalue weighted by atomic mass is 16.5. The van der Waals surface area contributed by atoms with Crippen LogP contribution in [0.25, 0.3) is 11.0 Å². The Labute approximate surface area is 122 Å². The molecule has 1 radical (unpaired) electrons. The van der Waals surface area contributed by atoms with Gasteiger partial charge in [-0.2, -0.15) is 0 Å². The molecule has 1 aromatic heterocycles. The summed E-state index contributed by atoms with van der Waals surface area (Å²) in [6.45, 7) is 3.82. The van der Waals surface area contributed by atoms with Crippen molar-refractivity contribution in [3.8, 4) is 11.5 Å². The molecule has 5 nitrogen and oxygen atoms in total. The highest BCUT2D eigenvalue weighted by molar-refractivity contribution is 5.94. The first kappa shape index (κ1) is 13.3. The van der Waals surface area contributed by atoms with Gasteiger partial charge in [-0.25, -0.2) is 4.98 Å². The lowest BCUT2D eigenvalue weighted by Gasteiger charge is -2.12. The van der Waals surface area contributed by atoms with Crippen molar-refractivity contribution in [1.82, 2.24) is 9.97 Å².